The van der Waals surface area contributed by atoms with E-state index in [4.69, 9.17) is 4.74 Å². The number of anilines is 1. The van der Waals surface area contributed by atoms with Crippen LogP contribution in [0.4, 0.5) is 23.7 Å². The molecule has 4 rings (SSSR count). The fourth-order valence-corrected chi connectivity index (χ4v) is 3.01. The monoisotopic (exact) mass is 416 g/mol. The lowest BCUT2D eigenvalue weighted by atomic mass is 10.1. The van der Waals surface area contributed by atoms with E-state index in [9.17, 15) is 22.8 Å². The van der Waals surface area contributed by atoms with Gasteiger partial charge in [-0.25, -0.2) is 18.0 Å². The Morgan fingerprint density at radius 3 is 2.83 bits per heavy atom. The van der Waals surface area contributed by atoms with Crippen LogP contribution in [0.25, 0.3) is 0 Å². The molecule has 1 aliphatic rings. The average molecular weight is 416 g/mol. The Hall–Kier alpha value is -3.82. The molecular weight excluding hydrogens is 401 g/mol. The average Bonchev–Trinajstić information content (AvgIpc) is 3.09. The van der Waals surface area contributed by atoms with Gasteiger partial charge >= 0.3 is 6.03 Å². The second kappa shape index (κ2) is 7.90. The van der Waals surface area contributed by atoms with E-state index in [1.165, 1.54) is 24.5 Å². The summed E-state index contributed by atoms with van der Waals surface area (Å²) in [4.78, 5) is 24.8. The number of amides is 2. The number of hydrogen-bond donors (Lipinski definition) is 2. The van der Waals surface area contributed by atoms with Crippen LogP contribution in [0.5, 0.6) is 5.75 Å². The highest BCUT2D eigenvalue weighted by molar-refractivity contribution is 5.99. The molecule has 0 saturated heterocycles. The lowest BCUT2D eigenvalue weighted by molar-refractivity contribution is -0.118. The molecule has 0 radical (unpaired) electrons. The minimum absolute atomic E-state index is 0.172. The highest BCUT2D eigenvalue weighted by Crippen LogP contribution is 2.31. The molecule has 0 aliphatic carbocycles. The van der Waals surface area contributed by atoms with E-state index in [-0.39, 0.29) is 23.9 Å². The molecular formula is C20H15F3N4O3. The Balaban J connectivity index is 1.43. The van der Waals surface area contributed by atoms with Crippen LogP contribution in [0.2, 0.25) is 0 Å². The molecule has 0 spiro atoms. The quantitative estimate of drug-likeness (QED) is 0.688. The van der Waals surface area contributed by atoms with Crippen LogP contribution in [0.3, 0.4) is 0 Å². The minimum atomic E-state index is -1.16. The molecule has 3 aromatic rings. The normalized spacial score (nSPS) is 15.6. The van der Waals surface area contributed by atoms with E-state index < -0.39 is 29.6 Å². The number of carbonyl (C=O) groups excluding carboxylic acids is 2. The first-order valence-electron chi connectivity index (χ1n) is 8.90. The summed E-state index contributed by atoms with van der Waals surface area (Å²) in [6.45, 7) is -0.328. The molecule has 2 amide bonds. The first kappa shape index (κ1) is 19.5. The number of ether oxygens (including phenoxy) is 1. The number of aromatic nitrogens is 2. The van der Waals surface area contributed by atoms with Gasteiger partial charge in [0.1, 0.15) is 35.7 Å². The van der Waals surface area contributed by atoms with Crippen LogP contribution in [0.15, 0.2) is 48.8 Å². The van der Waals surface area contributed by atoms with Gasteiger partial charge in [0.15, 0.2) is 5.82 Å². The molecule has 2 aromatic carbocycles. The molecule has 0 bridgehead atoms. The van der Waals surface area contributed by atoms with Gasteiger partial charge < -0.3 is 15.4 Å². The number of carbonyl (C=O) groups is 2. The van der Waals surface area contributed by atoms with Crippen molar-refractivity contribution >= 4 is 17.6 Å². The number of benzene rings is 2. The van der Waals surface area contributed by atoms with Crippen molar-refractivity contribution in [2.24, 2.45) is 0 Å². The van der Waals surface area contributed by atoms with Gasteiger partial charge in [0.05, 0.1) is 6.20 Å². The number of rotatable bonds is 3. The standard InChI is InChI=1S/C20H15F3N4O3/c21-13-3-1-2-11(5-13)4-12-8-24-27(9-12)20(29)25-16-10-30-17-7-14(22)6-15(23)18(17)26-19(16)28/h1-3,5-9,16H,4,10H2,(H,25,29)(H,26,28)/t16-/m0/s1. The summed E-state index contributed by atoms with van der Waals surface area (Å²) in [5.41, 5.74) is 1.07. The van der Waals surface area contributed by atoms with Crippen molar-refractivity contribution in [3.63, 3.8) is 0 Å². The fraction of sp³-hybridized carbons (Fsp3) is 0.150. The van der Waals surface area contributed by atoms with Crippen LogP contribution >= 0.6 is 0 Å². The van der Waals surface area contributed by atoms with Crippen LogP contribution in [0, 0.1) is 17.5 Å². The van der Waals surface area contributed by atoms with E-state index in [0.29, 0.717) is 23.6 Å². The SMILES string of the molecule is O=C1Nc2c(F)cc(F)cc2OC[C@@H]1NC(=O)n1cc(Cc2cccc(F)c2)cn1. The molecule has 0 unspecified atom stereocenters. The summed E-state index contributed by atoms with van der Waals surface area (Å²) < 4.78 is 46.8. The first-order chi connectivity index (χ1) is 14.4. The maximum Gasteiger partial charge on any atom is 0.342 e. The van der Waals surface area contributed by atoms with Crippen LogP contribution in [0.1, 0.15) is 11.1 Å². The zero-order chi connectivity index (χ0) is 21.3. The van der Waals surface area contributed by atoms with Gasteiger partial charge in [0.25, 0.3) is 5.91 Å². The Kier molecular flexibility index (Phi) is 5.13. The summed E-state index contributed by atoms with van der Waals surface area (Å²) in [6.07, 6.45) is 3.25. The van der Waals surface area contributed by atoms with Gasteiger partial charge in [0, 0.05) is 24.8 Å². The number of nitrogens with one attached hydrogen (secondary N) is 2. The number of fused-ring (bicyclic) bond motifs is 1. The van der Waals surface area contributed by atoms with E-state index in [2.05, 4.69) is 15.7 Å². The molecule has 2 N–H and O–H groups in total. The lowest BCUT2D eigenvalue weighted by Gasteiger charge is -2.14. The summed E-state index contributed by atoms with van der Waals surface area (Å²) in [6, 6.07) is 5.71. The van der Waals surface area contributed by atoms with Crippen molar-refractivity contribution in [3.05, 3.63) is 77.4 Å². The topological polar surface area (TPSA) is 85.3 Å². The molecule has 1 aliphatic heterocycles. The second-order valence-corrected chi connectivity index (χ2v) is 6.66. The second-order valence-electron chi connectivity index (χ2n) is 6.66. The van der Waals surface area contributed by atoms with Crippen molar-refractivity contribution in [2.75, 3.05) is 11.9 Å². The highest BCUT2D eigenvalue weighted by Gasteiger charge is 2.29. The molecule has 10 heteroatoms. The molecule has 0 saturated carbocycles. The van der Waals surface area contributed by atoms with E-state index in [0.717, 1.165) is 10.7 Å². The van der Waals surface area contributed by atoms with Crippen molar-refractivity contribution in [1.82, 2.24) is 15.1 Å². The maximum absolute atomic E-state index is 13.9. The third kappa shape index (κ3) is 4.12. The summed E-state index contributed by atoms with van der Waals surface area (Å²) >= 11 is 0. The van der Waals surface area contributed by atoms with Gasteiger partial charge in [0.2, 0.25) is 0 Å². The van der Waals surface area contributed by atoms with Gasteiger partial charge in [-0.1, -0.05) is 12.1 Å². The third-order valence-electron chi connectivity index (χ3n) is 4.43. The predicted octanol–water partition coefficient (Wildman–Crippen LogP) is 2.85. The van der Waals surface area contributed by atoms with Gasteiger partial charge in [-0.3, -0.25) is 4.79 Å². The summed E-state index contributed by atoms with van der Waals surface area (Å²) in [5, 5.41) is 8.65. The van der Waals surface area contributed by atoms with E-state index in [1.54, 1.807) is 12.1 Å². The zero-order valence-electron chi connectivity index (χ0n) is 15.4. The van der Waals surface area contributed by atoms with Gasteiger partial charge in [-0.2, -0.15) is 9.78 Å². The Bertz CT molecular complexity index is 1130. The third-order valence-corrected chi connectivity index (χ3v) is 4.43. The predicted molar refractivity (Wildman–Crippen MR) is 99.6 cm³/mol. The Labute approximate surface area is 168 Å². The molecule has 0 fully saturated rings. The van der Waals surface area contributed by atoms with Gasteiger partial charge in [-0.15, -0.1) is 0 Å². The number of hydrogen-bond acceptors (Lipinski definition) is 4. The summed E-state index contributed by atoms with van der Waals surface area (Å²) in [7, 11) is 0. The van der Waals surface area contributed by atoms with Crippen molar-refractivity contribution in [1.29, 1.82) is 0 Å². The molecule has 30 heavy (non-hydrogen) atoms. The van der Waals surface area contributed by atoms with Crippen LogP contribution in [-0.2, 0) is 11.2 Å². The van der Waals surface area contributed by atoms with Crippen molar-refractivity contribution < 1.29 is 27.5 Å². The van der Waals surface area contributed by atoms with Crippen molar-refractivity contribution in [3.8, 4) is 5.75 Å². The molecule has 1 atom stereocenters. The number of nitrogens with zero attached hydrogens (tertiary/aromatic N) is 2. The fourth-order valence-electron chi connectivity index (χ4n) is 3.01. The maximum atomic E-state index is 13.9. The smallest absolute Gasteiger partial charge is 0.342 e. The largest absolute Gasteiger partial charge is 0.488 e. The van der Waals surface area contributed by atoms with Crippen LogP contribution < -0.4 is 15.4 Å². The minimum Gasteiger partial charge on any atom is -0.488 e. The Morgan fingerprint density at radius 1 is 1.20 bits per heavy atom. The Morgan fingerprint density at radius 2 is 2.03 bits per heavy atom. The van der Waals surface area contributed by atoms with Crippen LogP contribution in [-0.4, -0.2) is 34.4 Å². The number of halogens is 3. The van der Waals surface area contributed by atoms with Gasteiger partial charge in [-0.05, 0) is 23.3 Å². The summed E-state index contributed by atoms with van der Waals surface area (Å²) in [5.74, 6) is -3.10. The van der Waals surface area contributed by atoms with E-state index >= 15 is 0 Å². The first-order valence-corrected chi connectivity index (χ1v) is 8.90. The molecule has 1 aromatic heterocycles. The molecule has 154 valence electrons. The lowest BCUT2D eigenvalue weighted by Crippen LogP contribution is -2.48. The zero-order valence-corrected chi connectivity index (χ0v) is 15.4. The van der Waals surface area contributed by atoms with E-state index in [1.807, 2.05) is 0 Å². The highest BCUT2D eigenvalue weighted by atomic mass is 19.1. The molecule has 2 heterocycles. The van der Waals surface area contributed by atoms with Crippen molar-refractivity contribution in [2.45, 2.75) is 12.5 Å². The molecule has 7 nitrogen and oxygen atoms in total.